The first-order valence-electron chi connectivity index (χ1n) is 7.16. The van der Waals surface area contributed by atoms with Gasteiger partial charge in [0.2, 0.25) is 5.91 Å². The molecular weight excluding hydrogens is 366 g/mol. The Morgan fingerprint density at radius 3 is 2.56 bits per heavy atom. The van der Waals surface area contributed by atoms with Crippen LogP contribution >= 0.6 is 11.3 Å². The van der Waals surface area contributed by atoms with Crippen molar-refractivity contribution in [2.45, 2.75) is 11.4 Å². The predicted octanol–water partition coefficient (Wildman–Crippen LogP) is 0.919. The first-order valence-corrected chi connectivity index (χ1v) is 9.48. The SMILES string of the molecule is O=C(CN1C(=O)c2ccccc2S1(=O)=O)NC(=O)NCc1cccs1. The number of rotatable bonds is 4. The molecule has 1 aliphatic rings. The Morgan fingerprint density at radius 2 is 1.88 bits per heavy atom. The van der Waals surface area contributed by atoms with E-state index in [9.17, 15) is 22.8 Å². The van der Waals surface area contributed by atoms with Gasteiger partial charge in [-0.15, -0.1) is 11.3 Å². The zero-order valence-corrected chi connectivity index (χ0v) is 14.4. The first kappa shape index (κ1) is 17.1. The monoisotopic (exact) mass is 379 g/mol. The molecule has 2 heterocycles. The molecule has 2 aromatic rings. The minimum atomic E-state index is -4.08. The van der Waals surface area contributed by atoms with Gasteiger partial charge in [0.15, 0.2) is 0 Å². The van der Waals surface area contributed by atoms with E-state index >= 15 is 0 Å². The Bertz CT molecular complexity index is 938. The zero-order chi connectivity index (χ0) is 18.0. The van der Waals surface area contributed by atoms with E-state index in [1.165, 1.54) is 35.6 Å². The highest BCUT2D eigenvalue weighted by Crippen LogP contribution is 2.29. The second-order valence-electron chi connectivity index (χ2n) is 5.12. The maximum atomic E-state index is 12.3. The zero-order valence-electron chi connectivity index (χ0n) is 12.8. The van der Waals surface area contributed by atoms with Crippen LogP contribution in [0, 0.1) is 0 Å². The van der Waals surface area contributed by atoms with E-state index in [0.717, 1.165) is 4.88 Å². The van der Waals surface area contributed by atoms with Crippen LogP contribution < -0.4 is 10.6 Å². The van der Waals surface area contributed by atoms with Gasteiger partial charge in [0.1, 0.15) is 11.4 Å². The minimum absolute atomic E-state index is 0.0115. The molecule has 1 aromatic heterocycles. The number of nitrogens with zero attached hydrogens (tertiary/aromatic N) is 1. The Kier molecular flexibility index (Phi) is 4.55. The number of fused-ring (bicyclic) bond motifs is 1. The summed E-state index contributed by atoms with van der Waals surface area (Å²) in [6.07, 6.45) is 0. The third-order valence-electron chi connectivity index (χ3n) is 3.46. The highest BCUT2D eigenvalue weighted by atomic mass is 32.2. The van der Waals surface area contributed by atoms with E-state index in [2.05, 4.69) is 5.32 Å². The molecule has 2 N–H and O–H groups in total. The molecule has 8 nitrogen and oxygen atoms in total. The van der Waals surface area contributed by atoms with Gasteiger partial charge in [-0.2, -0.15) is 0 Å². The van der Waals surface area contributed by atoms with Gasteiger partial charge >= 0.3 is 6.03 Å². The largest absolute Gasteiger partial charge is 0.333 e. The summed E-state index contributed by atoms with van der Waals surface area (Å²) in [5, 5.41) is 6.34. The lowest BCUT2D eigenvalue weighted by molar-refractivity contribution is -0.119. The normalized spacial score (nSPS) is 14.9. The molecule has 0 saturated heterocycles. The van der Waals surface area contributed by atoms with Crippen LogP contribution in [0.1, 0.15) is 15.2 Å². The van der Waals surface area contributed by atoms with Crippen molar-refractivity contribution < 1.29 is 22.8 Å². The Hall–Kier alpha value is -2.72. The Morgan fingerprint density at radius 1 is 1.12 bits per heavy atom. The van der Waals surface area contributed by atoms with Crippen molar-refractivity contribution in [3.63, 3.8) is 0 Å². The number of thiophene rings is 1. The fraction of sp³-hybridized carbons (Fsp3) is 0.133. The molecule has 0 unspecified atom stereocenters. The summed E-state index contributed by atoms with van der Waals surface area (Å²) in [5.41, 5.74) is 0.0115. The average molecular weight is 379 g/mol. The summed E-state index contributed by atoms with van der Waals surface area (Å²) in [6.45, 7) is -0.522. The van der Waals surface area contributed by atoms with Crippen LogP contribution in [0.2, 0.25) is 0 Å². The quantitative estimate of drug-likeness (QED) is 0.820. The molecule has 0 spiro atoms. The summed E-state index contributed by atoms with van der Waals surface area (Å²) in [4.78, 5) is 36.6. The summed E-state index contributed by atoms with van der Waals surface area (Å²) >= 11 is 1.44. The number of sulfonamides is 1. The number of nitrogens with one attached hydrogen (secondary N) is 2. The molecule has 4 amide bonds. The predicted molar refractivity (Wildman–Crippen MR) is 89.4 cm³/mol. The van der Waals surface area contributed by atoms with Crippen molar-refractivity contribution in [2.75, 3.05) is 6.54 Å². The number of urea groups is 1. The molecule has 1 aliphatic heterocycles. The first-order chi connectivity index (χ1) is 11.9. The highest BCUT2D eigenvalue weighted by Gasteiger charge is 2.41. The fourth-order valence-corrected chi connectivity index (χ4v) is 4.48. The van der Waals surface area contributed by atoms with E-state index in [0.29, 0.717) is 4.31 Å². The summed E-state index contributed by atoms with van der Waals surface area (Å²) < 4.78 is 25.1. The molecular formula is C15H13N3O5S2. The molecule has 0 fully saturated rings. The van der Waals surface area contributed by atoms with Gasteiger partial charge in [0.05, 0.1) is 12.1 Å². The summed E-state index contributed by atoms with van der Waals surface area (Å²) in [5.74, 6) is -1.68. The molecule has 0 aliphatic carbocycles. The maximum Gasteiger partial charge on any atom is 0.321 e. The van der Waals surface area contributed by atoms with Crippen molar-refractivity contribution in [1.29, 1.82) is 0 Å². The van der Waals surface area contributed by atoms with Crippen LogP contribution in [0.4, 0.5) is 4.79 Å². The van der Waals surface area contributed by atoms with Gasteiger partial charge in [-0.3, -0.25) is 14.9 Å². The number of benzene rings is 1. The van der Waals surface area contributed by atoms with Gasteiger partial charge in [-0.1, -0.05) is 18.2 Å². The second-order valence-corrected chi connectivity index (χ2v) is 7.99. The number of hydrogen-bond donors (Lipinski definition) is 2. The lowest BCUT2D eigenvalue weighted by Gasteiger charge is -2.14. The molecule has 10 heteroatoms. The molecule has 1 aromatic carbocycles. The fourth-order valence-electron chi connectivity index (χ4n) is 2.31. The Balaban J connectivity index is 1.62. The van der Waals surface area contributed by atoms with Crippen LogP contribution in [-0.4, -0.2) is 37.1 Å². The molecule has 130 valence electrons. The maximum absolute atomic E-state index is 12.3. The number of carbonyl (C=O) groups excluding carboxylic acids is 3. The van der Waals surface area contributed by atoms with Crippen LogP contribution in [0.25, 0.3) is 0 Å². The smallest absolute Gasteiger partial charge is 0.321 e. The topological polar surface area (TPSA) is 113 Å². The van der Waals surface area contributed by atoms with Gasteiger partial charge in [-0.05, 0) is 23.6 Å². The second kappa shape index (κ2) is 6.65. The highest BCUT2D eigenvalue weighted by molar-refractivity contribution is 7.90. The van der Waals surface area contributed by atoms with E-state index in [-0.39, 0.29) is 17.0 Å². The van der Waals surface area contributed by atoms with Gasteiger partial charge in [0.25, 0.3) is 15.9 Å². The molecule has 0 atom stereocenters. The van der Waals surface area contributed by atoms with Crippen molar-refractivity contribution in [3.8, 4) is 0 Å². The van der Waals surface area contributed by atoms with Crippen LogP contribution in [0.15, 0.2) is 46.7 Å². The van der Waals surface area contributed by atoms with Crippen molar-refractivity contribution in [1.82, 2.24) is 14.9 Å². The lowest BCUT2D eigenvalue weighted by atomic mass is 10.2. The molecule has 25 heavy (non-hydrogen) atoms. The van der Waals surface area contributed by atoms with E-state index in [1.54, 1.807) is 0 Å². The molecule has 0 bridgehead atoms. The van der Waals surface area contributed by atoms with E-state index in [1.807, 2.05) is 22.8 Å². The van der Waals surface area contributed by atoms with Gasteiger partial charge in [-0.25, -0.2) is 17.5 Å². The van der Waals surface area contributed by atoms with E-state index in [4.69, 9.17) is 0 Å². The van der Waals surface area contributed by atoms with Crippen molar-refractivity contribution >= 4 is 39.2 Å². The van der Waals surface area contributed by atoms with Crippen LogP contribution in [0.5, 0.6) is 0 Å². The molecule has 3 rings (SSSR count). The number of amides is 4. The van der Waals surface area contributed by atoms with Gasteiger partial charge in [0, 0.05) is 4.88 Å². The van der Waals surface area contributed by atoms with Crippen molar-refractivity contribution in [2.24, 2.45) is 0 Å². The third kappa shape index (κ3) is 3.39. The van der Waals surface area contributed by atoms with E-state index < -0.39 is 34.4 Å². The standard InChI is InChI=1S/C15H13N3O5S2/c19-13(17-15(21)16-8-10-4-3-7-24-10)9-18-14(20)11-5-1-2-6-12(11)25(18,22)23/h1-7H,8-9H2,(H2,16,17,19,21). The number of imide groups is 1. The number of carbonyl (C=O) groups is 3. The lowest BCUT2D eigenvalue weighted by Crippen LogP contribution is -2.45. The summed E-state index contributed by atoms with van der Waals surface area (Å²) in [7, 11) is -4.08. The van der Waals surface area contributed by atoms with Crippen LogP contribution in [0.3, 0.4) is 0 Å². The summed E-state index contributed by atoms with van der Waals surface area (Å²) in [6, 6.07) is 8.58. The average Bonchev–Trinajstić information content (AvgIpc) is 3.16. The minimum Gasteiger partial charge on any atom is -0.333 e. The Labute approximate surface area is 147 Å². The molecule has 0 radical (unpaired) electrons. The van der Waals surface area contributed by atoms with Crippen molar-refractivity contribution in [3.05, 3.63) is 52.2 Å². The third-order valence-corrected chi connectivity index (χ3v) is 6.12. The van der Waals surface area contributed by atoms with Crippen LogP contribution in [-0.2, 0) is 21.4 Å². The molecule has 0 saturated carbocycles. The number of hydrogen-bond acceptors (Lipinski definition) is 6. The van der Waals surface area contributed by atoms with Gasteiger partial charge < -0.3 is 5.32 Å².